The van der Waals surface area contributed by atoms with E-state index in [1.807, 2.05) is 0 Å². The Morgan fingerprint density at radius 3 is 2.35 bits per heavy atom. The number of carbonyl (C=O) groups is 2. The summed E-state index contributed by atoms with van der Waals surface area (Å²) in [7, 11) is -2.37. The number of carboxylic acids is 1. The average Bonchev–Trinajstić information content (AvgIpc) is 2.90. The molecule has 8 nitrogen and oxygen atoms in total. The summed E-state index contributed by atoms with van der Waals surface area (Å²) in [4.78, 5) is 23.3. The van der Waals surface area contributed by atoms with Gasteiger partial charge < -0.3 is 15.2 Å². The number of sulfonamides is 1. The summed E-state index contributed by atoms with van der Waals surface area (Å²) in [6, 6.07) is 2.93. The Morgan fingerprint density at radius 1 is 1.19 bits per heavy atom. The second-order valence-corrected chi connectivity index (χ2v) is 8.15. The topological polar surface area (TPSA) is 113 Å². The molecule has 1 aromatic carbocycles. The van der Waals surface area contributed by atoms with Crippen molar-refractivity contribution in [2.75, 3.05) is 20.2 Å². The molecule has 0 bridgehead atoms. The predicted octanol–water partition coefficient (Wildman–Crippen LogP) is 1.46. The summed E-state index contributed by atoms with van der Waals surface area (Å²) in [6.45, 7) is 2.22. The van der Waals surface area contributed by atoms with Crippen LogP contribution in [0.2, 0.25) is 0 Å². The van der Waals surface area contributed by atoms with E-state index < -0.39 is 27.9 Å². The van der Waals surface area contributed by atoms with E-state index in [-0.39, 0.29) is 16.2 Å². The summed E-state index contributed by atoms with van der Waals surface area (Å²) < 4.78 is 32.4. The highest BCUT2D eigenvalue weighted by molar-refractivity contribution is 7.89. The summed E-state index contributed by atoms with van der Waals surface area (Å²) in [5.41, 5.74) is -0.0171. The van der Waals surface area contributed by atoms with E-state index >= 15 is 0 Å². The van der Waals surface area contributed by atoms with Crippen LogP contribution in [0.3, 0.4) is 0 Å². The molecule has 1 aliphatic rings. The number of carboxylic acid groups (broad SMARTS) is 1. The number of carbonyl (C=O) groups excluding carboxylic acids is 1. The van der Waals surface area contributed by atoms with Crippen molar-refractivity contribution in [3.05, 3.63) is 23.8 Å². The molecule has 1 saturated heterocycles. The zero-order valence-corrected chi connectivity index (χ0v) is 15.7. The molecule has 2 rings (SSSR count). The van der Waals surface area contributed by atoms with Crippen molar-refractivity contribution in [2.45, 2.75) is 43.5 Å². The second-order valence-electron chi connectivity index (χ2n) is 6.21. The molecular weight excluding hydrogens is 360 g/mol. The maximum atomic E-state index is 12.9. The molecule has 1 fully saturated rings. The van der Waals surface area contributed by atoms with Crippen LogP contribution in [0.4, 0.5) is 0 Å². The van der Waals surface area contributed by atoms with Gasteiger partial charge in [0, 0.05) is 13.1 Å². The molecule has 1 heterocycles. The van der Waals surface area contributed by atoms with Gasteiger partial charge in [0.2, 0.25) is 10.0 Å². The van der Waals surface area contributed by atoms with Gasteiger partial charge in [-0.1, -0.05) is 12.8 Å². The summed E-state index contributed by atoms with van der Waals surface area (Å²) in [6.07, 6.45) is 3.60. The normalized spacial score (nSPS) is 17.2. The van der Waals surface area contributed by atoms with E-state index in [1.54, 1.807) is 0 Å². The molecule has 26 heavy (non-hydrogen) atoms. The minimum absolute atomic E-state index is 0.00618. The zero-order valence-electron chi connectivity index (χ0n) is 14.9. The fourth-order valence-corrected chi connectivity index (χ4v) is 4.34. The predicted molar refractivity (Wildman–Crippen MR) is 94.8 cm³/mol. The van der Waals surface area contributed by atoms with Gasteiger partial charge in [0.05, 0.1) is 17.6 Å². The molecule has 144 valence electrons. The Morgan fingerprint density at radius 2 is 1.81 bits per heavy atom. The molecule has 1 unspecified atom stereocenters. The molecule has 1 atom stereocenters. The molecule has 1 aliphatic heterocycles. The van der Waals surface area contributed by atoms with E-state index in [0.717, 1.165) is 25.7 Å². The highest BCUT2D eigenvalue weighted by Crippen LogP contribution is 2.26. The Hall–Kier alpha value is -2.13. The number of nitrogens with zero attached hydrogens (tertiary/aromatic N) is 1. The van der Waals surface area contributed by atoms with E-state index in [1.165, 1.54) is 36.5 Å². The van der Waals surface area contributed by atoms with E-state index in [0.29, 0.717) is 13.1 Å². The Bertz CT molecular complexity index is 769. The number of hydrogen-bond acceptors (Lipinski definition) is 5. The smallest absolute Gasteiger partial charge is 0.325 e. The van der Waals surface area contributed by atoms with Crippen molar-refractivity contribution < 1.29 is 27.9 Å². The lowest BCUT2D eigenvalue weighted by Gasteiger charge is -2.21. The van der Waals surface area contributed by atoms with E-state index in [2.05, 4.69) is 5.32 Å². The van der Waals surface area contributed by atoms with Gasteiger partial charge in [0.1, 0.15) is 11.8 Å². The maximum Gasteiger partial charge on any atom is 0.325 e. The lowest BCUT2D eigenvalue weighted by molar-refractivity contribution is -0.138. The van der Waals surface area contributed by atoms with Crippen molar-refractivity contribution in [3.63, 3.8) is 0 Å². The highest BCUT2D eigenvalue weighted by Gasteiger charge is 2.27. The zero-order chi connectivity index (χ0) is 19.3. The Balaban J connectivity index is 2.36. The number of benzene rings is 1. The molecule has 9 heteroatoms. The lowest BCUT2D eigenvalue weighted by Crippen LogP contribution is -2.38. The monoisotopic (exact) mass is 384 g/mol. The first-order valence-electron chi connectivity index (χ1n) is 8.49. The van der Waals surface area contributed by atoms with Crippen LogP contribution < -0.4 is 10.1 Å². The molecule has 0 spiro atoms. The van der Waals surface area contributed by atoms with Gasteiger partial charge in [-0.2, -0.15) is 4.31 Å². The Labute approximate surface area is 153 Å². The minimum atomic E-state index is -3.73. The van der Waals surface area contributed by atoms with Crippen LogP contribution in [0.1, 0.15) is 43.0 Å². The third kappa shape index (κ3) is 4.53. The van der Waals surface area contributed by atoms with Crippen LogP contribution in [0.15, 0.2) is 23.1 Å². The fourth-order valence-electron chi connectivity index (χ4n) is 2.79. The molecule has 0 aromatic heterocycles. The van der Waals surface area contributed by atoms with Gasteiger partial charge in [-0.3, -0.25) is 9.59 Å². The van der Waals surface area contributed by atoms with Crippen LogP contribution in [0, 0.1) is 0 Å². The van der Waals surface area contributed by atoms with Crippen molar-refractivity contribution in [2.24, 2.45) is 0 Å². The van der Waals surface area contributed by atoms with Crippen molar-refractivity contribution in [3.8, 4) is 5.75 Å². The average molecular weight is 384 g/mol. The van der Waals surface area contributed by atoms with Gasteiger partial charge in [0.25, 0.3) is 5.91 Å². The van der Waals surface area contributed by atoms with Crippen LogP contribution >= 0.6 is 0 Å². The first kappa shape index (κ1) is 20.2. The van der Waals surface area contributed by atoms with Crippen molar-refractivity contribution >= 4 is 21.9 Å². The van der Waals surface area contributed by atoms with Gasteiger partial charge in [-0.15, -0.1) is 0 Å². The van der Waals surface area contributed by atoms with Gasteiger partial charge in [-0.25, -0.2) is 8.42 Å². The standard InChI is InChI=1S/C17H24N2O6S/c1-12(17(21)22)18-16(20)14-11-13(7-8-15(14)25-2)26(23,24)19-9-5-3-4-6-10-19/h7-8,11-12H,3-6,9-10H2,1-2H3,(H,18,20)(H,21,22). The first-order chi connectivity index (χ1) is 12.3. The second kappa shape index (κ2) is 8.50. The molecular formula is C17H24N2O6S. The third-order valence-corrected chi connectivity index (χ3v) is 6.23. The fraction of sp³-hybridized carbons (Fsp3) is 0.529. The molecule has 1 aromatic rings. The number of nitrogens with one attached hydrogen (secondary N) is 1. The van der Waals surface area contributed by atoms with Crippen LogP contribution in [-0.4, -0.2) is 55.9 Å². The van der Waals surface area contributed by atoms with Crippen LogP contribution in [-0.2, 0) is 14.8 Å². The van der Waals surface area contributed by atoms with Crippen LogP contribution in [0.5, 0.6) is 5.75 Å². The summed E-state index contributed by atoms with van der Waals surface area (Å²) >= 11 is 0. The van der Waals surface area contributed by atoms with Gasteiger partial charge >= 0.3 is 5.97 Å². The highest BCUT2D eigenvalue weighted by atomic mass is 32.2. The number of rotatable bonds is 6. The quantitative estimate of drug-likeness (QED) is 0.768. The number of hydrogen-bond donors (Lipinski definition) is 2. The van der Waals surface area contributed by atoms with Gasteiger partial charge in [-0.05, 0) is 38.0 Å². The molecule has 2 N–H and O–H groups in total. The first-order valence-corrected chi connectivity index (χ1v) is 9.93. The van der Waals surface area contributed by atoms with Crippen molar-refractivity contribution in [1.82, 2.24) is 9.62 Å². The molecule has 0 saturated carbocycles. The number of methoxy groups -OCH3 is 1. The van der Waals surface area contributed by atoms with E-state index in [4.69, 9.17) is 9.84 Å². The number of aliphatic carboxylic acids is 1. The van der Waals surface area contributed by atoms with Gasteiger partial charge in [0.15, 0.2) is 0 Å². The van der Waals surface area contributed by atoms with Crippen molar-refractivity contribution in [1.29, 1.82) is 0 Å². The third-order valence-electron chi connectivity index (χ3n) is 4.34. The molecule has 0 aliphatic carbocycles. The Kier molecular flexibility index (Phi) is 6.60. The minimum Gasteiger partial charge on any atom is -0.496 e. The van der Waals surface area contributed by atoms with E-state index in [9.17, 15) is 18.0 Å². The summed E-state index contributed by atoms with van der Waals surface area (Å²) in [5, 5.41) is 11.2. The lowest BCUT2D eigenvalue weighted by atomic mass is 10.1. The largest absolute Gasteiger partial charge is 0.496 e. The molecule has 1 amide bonds. The number of ether oxygens (including phenoxy) is 1. The molecule has 0 radical (unpaired) electrons. The number of amides is 1. The SMILES string of the molecule is COc1ccc(S(=O)(=O)N2CCCCCC2)cc1C(=O)NC(C)C(=O)O. The maximum absolute atomic E-state index is 12.9. The van der Waals surface area contributed by atoms with Crippen LogP contribution in [0.25, 0.3) is 0 Å². The summed E-state index contributed by atoms with van der Waals surface area (Å²) in [5.74, 6) is -1.72.